The zero-order valence-electron chi connectivity index (χ0n) is 9.73. The first kappa shape index (κ1) is 10.4. The molecule has 0 radical (unpaired) electrons. The van der Waals surface area contributed by atoms with Crippen LogP contribution in [0, 0.1) is 11.3 Å². The van der Waals surface area contributed by atoms with Gasteiger partial charge in [0.25, 0.3) is 0 Å². The average molecular weight is 199 g/mol. The fourth-order valence-electron chi connectivity index (χ4n) is 3.81. The maximum Gasteiger partial charge on any atom is 0.114 e. The van der Waals surface area contributed by atoms with E-state index in [0.717, 1.165) is 12.8 Å². The fraction of sp³-hybridized carbons (Fsp3) is 1.00. The average Bonchev–Trinajstić information content (AvgIpc) is 2.26. The molecule has 1 N–H and O–H groups in total. The van der Waals surface area contributed by atoms with Gasteiger partial charge in [-0.3, -0.25) is 0 Å². The Labute approximate surface area is 86.5 Å². The molecule has 4 unspecified atom stereocenters. The minimum atomic E-state index is -0.977. The van der Waals surface area contributed by atoms with Gasteiger partial charge in [0, 0.05) is 18.0 Å². The smallest absolute Gasteiger partial charge is 0.114 e. The summed E-state index contributed by atoms with van der Waals surface area (Å²) in [5.41, 5.74) is -0.911. The normalized spacial score (nSPS) is 48.2. The topological polar surface area (TPSA) is 12.0 Å². The molecule has 2 aliphatic heterocycles. The first-order chi connectivity index (χ1) is 6.31. The predicted molar refractivity (Wildman–Crippen MR) is 57.0 cm³/mol. The number of hydrogen-bond donors (Lipinski definition) is 1. The minimum absolute atomic E-state index is 0.0659. The van der Waals surface area contributed by atoms with Crippen molar-refractivity contribution in [1.29, 1.82) is 0 Å². The van der Waals surface area contributed by atoms with E-state index in [1.54, 1.807) is 6.92 Å². The maximum absolute atomic E-state index is 14.5. The molecule has 0 aliphatic carbocycles. The molecule has 2 bridgehead atoms. The van der Waals surface area contributed by atoms with Crippen LogP contribution in [0.3, 0.4) is 0 Å². The van der Waals surface area contributed by atoms with Gasteiger partial charge in [0.15, 0.2) is 0 Å². The van der Waals surface area contributed by atoms with Gasteiger partial charge in [0.05, 0.1) is 0 Å². The van der Waals surface area contributed by atoms with Gasteiger partial charge < -0.3 is 5.32 Å². The van der Waals surface area contributed by atoms with Crippen molar-refractivity contribution in [3.8, 4) is 0 Å². The molecule has 2 aliphatic rings. The van der Waals surface area contributed by atoms with E-state index in [-0.39, 0.29) is 11.3 Å². The lowest BCUT2D eigenvalue weighted by Gasteiger charge is -2.47. The Bertz CT molecular complexity index is 229. The third kappa shape index (κ3) is 1.58. The van der Waals surface area contributed by atoms with Crippen molar-refractivity contribution >= 4 is 0 Å². The molecule has 4 atom stereocenters. The van der Waals surface area contributed by atoms with Crippen LogP contribution in [0.1, 0.15) is 47.0 Å². The summed E-state index contributed by atoms with van der Waals surface area (Å²) < 4.78 is 14.5. The molecule has 1 nitrogen and oxygen atoms in total. The van der Waals surface area contributed by atoms with Crippen LogP contribution in [-0.2, 0) is 0 Å². The van der Waals surface area contributed by atoms with Crippen LogP contribution >= 0.6 is 0 Å². The molecule has 2 fully saturated rings. The summed E-state index contributed by atoms with van der Waals surface area (Å²) in [6, 6.07) is 0.845. The molecule has 2 rings (SSSR count). The van der Waals surface area contributed by atoms with Crippen molar-refractivity contribution in [2.24, 2.45) is 11.3 Å². The van der Waals surface area contributed by atoms with Crippen LogP contribution in [0.5, 0.6) is 0 Å². The summed E-state index contributed by atoms with van der Waals surface area (Å²) in [6.45, 7) is 8.29. The largest absolute Gasteiger partial charge is 0.311 e. The summed E-state index contributed by atoms with van der Waals surface area (Å²) >= 11 is 0. The third-order valence-corrected chi connectivity index (χ3v) is 3.91. The Morgan fingerprint density at radius 3 is 2.50 bits per heavy atom. The summed E-state index contributed by atoms with van der Waals surface area (Å²) in [7, 11) is 0. The monoisotopic (exact) mass is 199 g/mol. The molecule has 0 aromatic heterocycles. The molecule has 0 saturated carbocycles. The molecule has 2 heteroatoms. The standard InChI is InChI=1S/C12H22FN/c1-11(2,3)10-9-6-5-8(14-9)7-12(10,4)13/h8-10,14H,5-7H2,1-4H3. The second-order valence-electron chi connectivity index (χ2n) is 6.37. The van der Waals surface area contributed by atoms with E-state index >= 15 is 0 Å². The molecule has 0 aromatic rings. The molecular formula is C12H22FN. The van der Waals surface area contributed by atoms with Gasteiger partial charge in [-0.1, -0.05) is 20.8 Å². The lowest BCUT2D eigenvalue weighted by atomic mass is 9.66. The number of fused-ring (bicyclic) bond motifs is 2. The summed E-state index contributed by atoms with van der Waals surface area (Å²) in [5.74, 6) is 0.161. The molecule has 82 valence electrons. The van der Waals surface area contributed by atoms with Crippen molar-refractivity contribution < 1.29 is 4.39 Å². The SMILES string of the molecule is CC(C)(C)C1C2CCC(CC1(C)F)N2. The van der Waals surface area contributed by atoms with Crippen LogP contribution in [0.2, 0.25) is 0 Å². The molecule has 2 heterocycles. The molecule has 0 amide bonds. The van der Waals surface area contributed by atoms with Crippen LogP contribution in [0.4, 0.5) is 4.39 Å². The second kappa shape index (κ2) is 2.94. The van der Waals surface area contributed by atoms with Gasteiger partial charge >= 0.3 is 0 Å². The molecule has 2 saturated heterocycles. The summed E-state index contributed by atoms with van der Waals surface area (Å²) in [6.07, 6.45) is 3.02. The number of alkyl halides is 1. The minimum Gasteiger partial charge on any atom is -0.311 e. The van der Waals surface area contributed by atoms with Gasteiger partial charge in [-0.2, -0.15) is 0 Å². The molecule has 0 spiro atoms. The lowest BCUT2D eigenvalue weighted by molar-refractivity contribution is -0.0246. The summed E-state index contributed by atoms with van der Waals surface area (Å²) in [4.78, 5) is 0. The van der Waals surface area contributed by atoms with Crippen LogP contribution < -0.4 is 5.32 Å². The Balaban J connectivity index is 2.27. The summed E-state index contributed by atoms with van der Waals surface area (Å²) in [5, 5.41) is 3.56. The number of halogens is 1. The van der Waals surface area contributed by atoms with E-state index in [1.165, 1.54) is 0 Å². The number of nitrogens with one attached hydrogen (secondary N) is 1. The van der Waals surface area contributed by atoms with Crippen molar-refractivity contribution in [2.45, 2.75) is 64.7 Å². The van der Waals surface area contributed by atoms with E-state index in [0.29, 0.717) is 18.5 Å². The van der Waals surface area contributed by atoms with E-state index in [1.807, 2.05) is 0 Å². The van der Waals surface area contributed by atoms with Crippen molar-refractivity contribution in [3.63, 3.8) is 0 Å². The Morgan fingerprint density at radius 2 is 1.93 bits per heavy atom. The highest BCUT2D eigenvalue weighted by molar-refractivity contribution is 5.07. The van der Waals surface area contributed by atoms with Crippen molar-refractivity contribution in [1.82, 2.24) is 5.32 Å². The zero-order chi connectivity index (χ0) is 10.6. The van der Waals surface area contributed by atoms with Gasteiger partial charge in [-0.25, -0.2) is 4.39 Å². The lowest BCUT2D eigenvalue weighted by Crippen LogP contribution is -2.56. The van der Waals surface area contributed by atoms with Gasteiger partial charge in [0.2, 0.25) is 0 Å². The second-order valence-corrected chi connectivity index (χ2v) is 6.37. The van der Waals surface area contributed by atoms with E-state index in [4.69, 9.17) is 0 Å². The Morgan fingerprint density at radius 1 is 1.29 bits per heavy atom. The van der Waals surface area contributed by atoms with Crippen molar-refractivity contribution in [2.75, 3.05) is 0 Å². The third-order valence-electron chi connectivity index (χ3n) is 3.91. The van der Waals surface area contributed by atoms with E-state index in [2.05, 4.69) is 26.1 Å². The van der Waals surface area contributed by atoms with Crippen molar-refractivity contribution in [3.05, 3.63) is 0 Å². The highest BCUT2D eigenvalue weighted by Crippen LogP contribution is 2.48. The fourth-order valence-corrected chi connectivity index (χ4v) is 3.81. The number of rotatable bonds is 0. The van der Waals surface area contributed by atoms with E-state index in [9.17, 15) is 4.39 Å². The van der Waals surface area contributed by atoms with Crippen LogP contribution in [0.15, 0.2) is 0 Å². The number of hydrogen-bond acceptors (Lipinski definition) is 1. The quantitative estimate of drug-likeness (QED) is 0.632. The first-order valence-corrected chi connectivity index (χ1v) is 5.76. The maximum atomic E-state index is 14.5. The Kier molecular flexibility index (Phi) is 2.19. The van der Waals surface area contributed by atoms with Crippen LogP contribution in [-0.4, -0.2) is 17.8 Å². The zero-order valence-corrected chi connectivity index (χ0v) is 9.73. The molecule has 0 aromatic carbocycles. The van der Waals surface area contributed by atoms with Gasteiger partial charge in [-0.05, 0) is 31.6 Å². The Hall–Kier alpha value is -0.110. The predicted octanol–water partition coefficient (Wildman–Crippen LogP) is 2.90. The van der Waals surface area contributed by atoms with E-state index < -0.39 is 5.67 Å². The molecule has 14 heavy (non-hydrogen) atoms. The highest BCUT2D eigenvalue weighted by Gasteiger charge is 2.53. The first-order valence-electron chi connectivity index (χ1n) is 5.76. The highest BCUT2D eigenvalue weighted by atomic mass is 19.1. The van der Waals surface area contributed by atoms with Gasteiger partial charge in [-0.15, -0.1) is 0 Å². The molecular weight excluding hydrogens is 177 g/mol. The van der Waals surface area contributed by atoms with Gasteiger partial charge in [0.1, 0.15) is 5.67 Å². The van der Waals surface area contributed by atoms with Crippen LogP contribution in [0.25, 0.3) is 0 Å². The number of piperidine rings is 1.